The molecule has 0 unspecified atom stereocenters. The molecule has 6 heteroatoms. The van der Waals surface area contributed by atoms with E-state index in [2.05, 4.69) is 52.1 Å². The summed E-state index contributed by atoms with van der Waals surface area (Å²) in [5.41, 5.74) is 2.18. The van der Waals surface area contributed by atoms with Gasteiger partial charge in [0.15, 0.2) is 9.84 Å². The van der Waals surface area contributed by atoms with Gasteiger partial charge in [-0.15, -0.1) is 0 Å². The third-order valence-corrected chi connectivity index (χ3v) is 5.07. The summed E-state index contributed by atoms with van der Waals surface area (Å²) in [4.78, 5) is 2.84. The number of nitrogens with one attached hydrogen (secondary N) is 1. The Hall–Kier alpha value is -1.79. The van der Waals surface area contributed by atoms with E-state index in [1.54, 1.807) is 31.4 Å². The van der Waals surface area contributed by atoms with Crippen molar-refractivity contribution in [3.63, 3.8) is 0 Å². The summed E-state index contributed by atoms with van der Waals surface area (Å²) in [6.07, 6.45) is 2.29. The van der Waals surface area contributed by atoms with Gasteiger partial charge in [-0.2, -0.15) is 0 Å². The zero-order chi connectivity index (χ0) is 17.7. The van der Waals surface area contributed by atoms with Gasteiger partial charge in [-0.25, -0.2) is 8.42 Å². The SMILES string of the molecule is CCc1ccc(Br)cc1.COc1ccc2[nH]c(S(C)(=O)=O)cc2c1. The molecule has 0 amide bonds. The maximum absolute atomic E-state index is 11.3. The van der Waals surface area contributed by atoms with Crippen molar-refractivity contribution in [2.75, 3.05) is 13.4 Å². The van der Waals surface area contributed by atoms with Crippen LogP contribution in [0.5, 0.6) is 5.75 Å². The van der Waals surface area contributed by atoms with E-state index in [1.807, 2.05) is 0 Å². The van der Waals surface area contributed by atoms with E-state index in [-0.39, 0.29) is 5.03 Å². The second-order valence-corrected chi connectivity index (χ2v) is 8.24. The lowest BCUT2D eigenvalue weighted by molar-refractivity contribution is 0.415. The van der Waals surface area contributed by atoms with Gasteiger partial charge in [0.05, 0.1) is 7.11 Å². The summed E-state index contributed by atoms with van der Waals surface area (Å²) < 4.78 is 28.8. The van der Waals surface area contributed by atoms with Gasteiger partial charge in [-0.05, 0) is 48.4 Å². The highest BCUT2D eigenvalue weighted by atomic mass is 79.9. The van der Waals surface area contributed by atoms with Crippen molar-refractivity contribution in [2.24, 2.45) is 0 Å². The molecule has 0 fully saturated rings. The minimum atomic E-state index is -3.18. The summed E-state index contributed by atoms with van der Waals surface area (Å²) in [5, 5.41) is 1.06. The quantitative estimate of drug-likeness (QED) is 0.687. The molecule has 0 aliphatic rings. The first-order valence-corrected chi connectivity index (χ1v) is 10.1. The fourth-order valence-corrected chi connectivity index (χ4v) is 3.03. The molecular formula is C18H20BrNO3S. The van der Waals surface area contributed by atoms with E-state index in [4.69, 9.17) is 4.74 Å². The van der Waals surface area contributed by atoms with E-state index in [0.29, 0.717) is 5.75 Å². The first-order valence-electron chi connectivity index (χ1n) is 7.44. The molecule has 3 aromatic rings. The molecule has 1 aromatic heterocycles. The number of fused-ring (bicyclic) bond motifs is 1. The van der Waals surface area contributed by atoms with Crippen LogP contribution in [0.3, 0.4) is 0 Å². The van der Waals surface area contributed by atoms with Crippen molar-refractivity contribution in [1.29, 1.82) is 0 Å². The first kappa shape index (κ1) is 18.5. The van der Waals surface area contributed by atoms with Crippen LogP contribution < -0.4 is 4.74 Å². The summed E-state index contributed by atoms with van der Waals surface area (Å²) in [6.45, 7) is 2.16. The predicted octanol–water partition coefficient (Wildman–Crippen LogP) is 4.59. The van der Waals surface area contributed by atoms with Gasteiger partial charge in [0.2, 0.25) is 0 Å². The van der Waals surface area contributed by atoms with Crippen molar-refractivity contribution < 1.29 is 13.2 Å². The molecule has 128 valence electrons. The molecule has 24 heavy (non-hydrogen) atoms. The normalized spacial score (nSPS) is 11.0. The van der Waals surface area contributed by atoms with Gasteiger partial charge < -0.3 is 9.72 Å². The van der Waals surface area contributed by atoms with Crippen molar-refractivity contribution in [3.05, 3.63) is 58.6 Å². The molecule has 0 saturated carbocycles. The van der Waals surface area contributed by atoms with Crippen LogP contribution in [0.15, 0.2) is 58.0 Å². The lowest BCUT2D eigenvalue weighted by Gasteiger charge is -1.97. The third-order valence-electron chi connectivity index (χ3n) is 3.52. The van der Waals surface area contributed by atoms with Crippen LogP contribution >= 0.6 is 15.9 Å². The standard InChI is InChI=1S/C10H11NO3S.C8H9Br/c1-14-8-3-4-9-7(5-8)6-10(11-9)15(2,12)13;1-2-7-3-5-8(9)6-4-7/h3-6,11H,1-2H3;3-6H,2H2,1H3. The van der Waals surface area contributed by atoms with Crippen molar-refractivity contribution in [1.82, 2.24) is 4.98 Å². The number of methoxy groups -OCH3 is 1. The minimum Gasteiger partial charge on any atom is -0.497 e. The molecule has 0 aliphatic heterocycles. The molecule has 3 rings (SSSR count). The van der Waals surface area contributed by atoms with Crippen LogP contribution in [0.4, 0.5) is 0 Å². The van der Waals surface area contributed by atoms with Crippen LogP contribution in [-0.4, -0.2) is 26.8 Å². The topological polar surface area (TPSA) is 59.2 Å². The number of benzene rings is 2. The Bertz CT molecular complexity index is 915. The molecule has 1 heterocycles. The largest absolute Gasteiger partial charge is 0.497 e. The molecule has 4 nitrogen and oxygen atoms in total. The Labute approximate surface area is 150 Å². The van der Waals surface area contributed by atoms with Gasteiger partial charge in [0.25, 0.3) is 0 Å². The van der Waals surface area contributed by atoms with E-state index in [1.165, 1.54) is 11.8 Å². The van der Waals surface area contributed by atoms with Gasteiger partial charge in [-0.3, -0.25) is 0 Å². The summed E-state index contributed by atoms with van der Waals surface area (Å²) in [5.74, 6) is 0.710. The molecule has 0 radical (unpaired) electrons. The van der Waals surface area contributed by atoms with Gasteiger partial charge >= 0.3 is 0 Å². The average molecular weight is 410 g/mol. The fraction of sp³-hybridized carbons (Fsp3) is 0.222. The number of aromatic nitrogens is 1. The smallest absolute Gasteiger partial charge is 0.190 e. The number of aromatic amines is 1. The number of hydrogen-bond acceptors (Lipinski definition) is 3. The molecular weight excluding hydrogens is 390 g/mol. The number of sulfone groups is 1. The number of hydrogen-bond donors (Lipinski definition) is 1. The Morgan fingerprint density at radius 2 is 1.75 bits per heavy atom. The van der Waals surface area contributed by atoms with Crippen LogP contribution in [0.1, 0.15) is 12.5 Å². The molecule has 1 N–H and O–H groups in total. The summed E-state index contributed by atoms with van der Waals surface area (Å²) in [6, 6.07) is 15.4. The van der Waals surface area contributed by atoms with Crippen LogP contribution in [-0.2, 0) is 16.3 Å². The number of ether oxygens (including phenoxy) is 1. The Morgan fingerprint density at radius 1 is 1.08 bits per heavy atom. The van der Waals surface area contributed by atoms with E-state index < -0.39 is 9.84 Å². The van der Waals surface area contributed by atoms with E-state index >= 15 is 0 Å². The summed E-state index contributed by atoms with van der Waals surface area (Å²) in [7, 11) is -1.61. The molecule has 0 saturated heterocycles. The monoisotopic (exact) mass is 409 g/mol. The highest BCUT2D eigenvalue weighted by molar-refractivity contribution is 9.10. The van der Waals surface area contributed by atoms with E-state index in [0.717, 1.165) is 21.8 Å². The number of H-pyrrole nitrogens is 1. The second kappa shape index (κ2) is 7.85. The maximum atomic E-state index is 11.3. The van der Waals surface area contributed by atoms with Gasteiger partial charge in [-0.1, -0.05) is 35.0 Å². The van der Waals surface area contributed by atoms with Crippen LogP contribution in [0.2, 0.25) is 0 Å². The zero-order valence-corrected chi connectivity index (χ0v) is 16.2. The predicted molar refractivity (Wildman–Crippen MR) is 101 cm³/mol. The maximum Gasteiger partial charge on any atom is 0.190 e. The molecule has 0 atom stereocenters. The first-order chi connectivity index (χ1) is 11.3. The molecule has 0 aliphatic carbocycles. The summed E-state index contributed by atoms with van der Waals surface area (Å²) >= 11 is 3.37. The highest BCUT2D eigenvalue weighted by Crippen LogP contribution is 2.23. The number of halogens is 1. The second-order valence-electron chi connectivity index (χ2n) is 5.34. The highest BCUT2D eigenvalue weighted by Gasteiger charge is 2.10. The van der Waals surface area contributed by atoms with Gasteiger partial charge in [0, 0.05) is 21.6 Å². The molecule has 0 bridgehead atoms. The Balaban J connectivity index is 0.000000198. The van der Waals surface area contributed by atoms with Crippen LogP contribution in [0.25, 0.3) is 10.9 Å². The van der Waals surface area contributed by atoms with Crippen molar-refractivity contribution in [3.8, 4) is 5.75 Å². The van der Waals surface area contributed by atoms with Crippen LogP contribution in [0, 0.1) is 0 Å². The zero-order valence-electron chi connectivity index (χ0n) is 13.8. The molecule has 0 spiro atoms. The third kappa shape index (κ3) is 4.85. The van der Waals surface area contributed by atoms with Crippen molar-refractivity contribution >= 4 is 36.7 Å². The van der Waals surface area contributed by atoms with Gasteiger partial charge in [0.1, 0.15) is 10.8 Å². The number of aryl methyl sites for hydroxylation is 1. The lowest BCUT2D eigenvalue weighted by atomic mass is 10.2. The minimum absolute atomic E-state index is 0.228. The lowest BCUT2D eigenvalue weighted by Crippen LogP contribution is -1.96. The fourth-order valence-electron chi connectivity index (χ4n) is 2.13. The average Bonchev–Trinajstić information content (AvgIpc) is 2.99. The van der Waals surface area contributed by atoms with E-state index in [9.17, 15) is 8.42 Å². The Morgan fingerprint density at radius 3 is 2.29 bits per heavy atom. The Kier molecular flexibility index (Phi) is 6.07. The number of rotatable bonds is 3. The van der Waals surface area contributed by atoms with Crippen molar-refractivity contribution in [2.45, 2.75) is 18.4 Å². The molecule has 2 aromatic carbocycles.